The maximum Gasteiger partial charge on any atom is 0.397 e. The average molecular weight is 1120 g/mol. The molecule has 1 rings (SSSR count). The van der Waals surface area contributed by atoms with Gasteiger partial charge in [-0.05, 0) is 38.5 Å². The Bertz CT molecular complexity index is 1400. The minimum atomic E-state index is -5.08. The second-order valence-corrected chi connectivity index (χ2v) is 24.5. The normalized spacial score (nSPS) is 18.9. The van der Waals surface area contributed by atoms with Gasteiger partial charge in [0.05, 0.1) is 25.4 Å². The first-order chi connectivity index (χ1) is 37.5. The van der Waals surface area contributed by atoms with E-state index in [1.807, 2.05) is 0 Å². The molecule has 0 aromatic rings. The molecule has 0 aliphatic carbocycles. The monoisotopic (exact) mass is 1120 g/mol. The van der Waals surface area contributed by atoms with Crippen molar-refractivity contribution in [1.29, 1.82) is 0 Å². The van der Waals surface area contributed by atoms with Crippen LogP contribution in [0.15, 0.2) is 12.2 Å². The maximum absolute atomic E-state index is 13.2. The van der Waals surface area contributed by atoms with Gasteiger partial charge in [-0.2, -0.15) is 8.42 Å². The van der Waals surface area contributed by atoms with E-state index in [1.165, 1.54) is 257 Å². The molecule has 13 heteroatoms. The lowest BCUT2D eigenvalue weighted by Crippen LogP contribution is -2.61. The second kappa shape index (κ2) is 54.1. The molecule has 12 nitrogen and oxygen atoms in total. The minimum Gasteiger partial charge on any atom is -0.394 e. The van der Waals surface area contributed by atoms with E-state index in [1.54, 1.807) is 0 Å². The smallest absolute Gasteiger partial charge is 0.394 e. The van der Waals surface area contributed by atoms with E-state index in [2.05, 4.69) is 35.5 Å². The van der Waals surface area contributed by atoms with E-state index >= 15 is 0 Å². The van der Waals surface area contributed by atoms with Gasteiger partial charge in [-0.3, -0.25) is 9.35 Å². The van der Waals surface area contributed by atoms with E-state index in [-0.39, 0.29) is 12.5 Å². The molecular weight excluding hydrogens is 991 g/mol. The molecule has 0 bridgehead atoms. The standard InChI is InChI=1S/C64H125NO11S/c1-3-5-7-9-11-13-15-17-19-21-23-25-27-28-29-30-32-34-36-38-40-42-44-46-48-50-52-54-60(68)65-57(56-74-64-62(70)63(76-77(71,72)73)61(69)59(55-66)75-64)58(67)53-51-49-47-45-43-41-39-37-35-33-31-26-24-22-20-18-16-14-12-10-8-6-4-2/h28-29,57-59,61-64,66-67,69-70H,3-27,30-56H2,1-2H3,(H,65,68)(H,71,72,73)/b29-28-. The number of aliphatic hydroxyl groups is 4. The molecule has 1 heterocycles. The Morgan fingerprint density at radius 1 is 0.506 bits per heavy atom. The Morgan fingerprint density at radius 2 is 0.831 bits per heavy atom. The van der Waals surface area contributed by atoms with Gasteiger partial charge in [0, 0.05) is 6.42 Å². The molecule has 0 aromatic heterocycles. The molecule has 1 amide bonds. The van der Waals surface area contributed by atoms with Gasteiger partial charge < -0.3 is 35.2 Å². The summed E-state index contributed by atoms with van der Waals surface area (Å²) in [5.74, 6) is -0.224. The summed E-state index contributed by atoms with van der Waals surface area (Å²) in [6.45, 7) is 3.52. The van der Waals surface area contributed by atoms with Crippen molar-refractivity contribution in [2.45, 2.75) is 378 Å². The van der Waals surface area contributed by atoms with Crippen LogP contribution in [0.25, 0.3) is 0 Å². The van der Waals surface area contributed by atoms with Crippen molar-refractivity contribution in [3.05, 3.63) is 12.2 Å². The molecule has 458 valence electrons. The molecule has 1 aliphatic rings. The zero-order valence-electron chi connectivity index (χ0n) is 50.1. The van der Waals surface area contributed by atoms with E-state index in [9.17, 15) is 38.2 Å². The summed E-state index contributed by atoms with van der Waals surface area (Å²) in [5.41, 5.74) is 0. The van der Waals surface area contributed by atoms with Crippen LogP contribution in [0.1, 0.15) is 335 Å². The van der Waals surface area contributed by atoms with Gasteiger partial charge in [-0.25, -0.2) is 4.18 Å². The maximum atomic E-state index is 13.2. The Morgan fingerprint density at radius 3 is 1.17 bits per heavy atom. The number of hydrogen-bond acceptors (Lipinski definition) is 10. The van der Waals surface area contributed by atoms with Crippen LogP contribution in [0.3, 0.4) is 0 Å². The van der Waals surface area contributed by atoms with Crippen LogP contribution < -0.4 is 5.32 Å². The third kappa shape index (κ3) is 46.1. The fourth-order valence-corrected chi connectivity index (χ4v) is 11.5. The van der Waals surface area contributed by atoms with Crippen LogP contribution >= 0.6 is 0 Å². The van der Waals surface area contributed by atoms with Gasteiger partial charge in [0.2, 0.25) is 5.91 Å². The summed E-state index contributed by atoms with van der Waals surface area (Å²) in [4.78, 5) is 13.2. The molecule has 1 aliphatic heterocycles. The SMILES string of the molecule is CCCCCCCCCCCCCC/C=C\CCCCCCCCCCCCCC(=O)NC(COC1OC(CO)C(O)C(OS(=O)(=O)O)C1O)C(O)CCCCCCCCCCCCCCCCCCCCCCCCC. The highest BCUT2D eigenvalue weighted by Gasteiger charge is 2.48. The highest BCUT2D eigenvalue weighted by molar-refractivity contribution is 7.80. The number of unbranched alkanes of at least 4 members (excludes halogenated alkanes) is 45. The van der Waals surface area contributed by atoms with Gasteiger partial charge in [-0.15, -0.1) is 0 Å². The van der Waals surface area contributed by atoms with Gasteiger partial charge in [0.15, 0.2) is 6.29 Å². The van der Waals surface area contributed by atoms with E-state index in [4.69, 9.17) is 9.47 Å². The molecule has 7 atom stereocenters. The number of carbonyl (C=O) groups excluding carboxylic acids is 1. The Labute approximate surface area is 474 Å². The zero-order chi connectivity index (χ0) is 56.1. The third-order valence-corrected chi connectivity index (χ3v) is 16.5. The van der Waals surface area contributed by atoms with E-state index < -0.39 is 59.9 Å². The van der Waals surface area contributed by atoms with E-state index in [0.717, 1.165) is 51.4 Å². The molecule has 1 fully saturated rings. The van der Waals surface area contributed by atoms with Crippen molar-refractivity contribution in [3.63, 3.8) is 0 Å². The predicted molar refractivity (Wildman–Crippen MR) is 319 cm³/mol. The summed E-state index contributed by atoms with van der Waals surface area (Å²) < 4.78 is 48.1. The van der Waals surface area contributed by atoms with Crippen molar-refractivity contribution in [2.24, 2.45) is 0 Å². The number of allylic oxidation sites excluding steroid dienone is 2. The summed E-state index contributed by atoms with van der Waals surface area (Å²) in [6.07, 6.45) is 58.0. The topological polar surface area (TPSA) is 192 Å². The van der Waals surface area contributed by atoms with Crippen molar-refractivity contribution in [2.75, 3.05) is 13.2 Å². The summed E-state index contributed by atoms with van der Waals surface area (Å²) in [7, 11) is -5.08. The summed E-state index contributed by atoms with van der Waals surface area (Å²) >= 11 is 0. The first kappa shape index (κ1) is 73.9. The van der Waals surface area contributed by atoms with Crippen molar-refractivity contribution < 1.29 is 51.8 Å². The molecule has 77 heavy (non-hydrogen) atoms. The zero-order valence-corrected chi connectivity index (χ0v) is 50.9. The fourth-order valence-electron chi connectivity index (χ4n) is 11.0. The van der Waals surface area contributed by atoms with Gasteiger partial charge in [0.25, 0.3) is 0 Å². The van der Waals surface area contributed by atoms with Gasteiger partial charge in [0.1, 0.15) is 24.4 Å². The Balaban J connectivity index is 2.27. The average Bonchev–Trinajstić information content (AvgIpc) is 3.41. The Kier molecular flexibility index (Phi) is 51.9. The molecule has 0 spiro atoms. The Hall–Kier alpha value is -1.16. The molecule has 6 N–H and O–H groups in total. The quantitative estimate of drug-likeness (QED) is 0.0193. The number of nitrogens with one attached hydrogen (secondary N) is 1. The van der Waals surface area contributed by atoms with Crippen LogP contribution in [0.4, 0.5) is 0 Å². The largest absolute Gasteiger partial charge is 0.397 e. The summed E-state index contributed by atoms with van der Waals surface area (Å²) in [5, 5.41) is 45.3. The van der Waals surface area contributed by atoms with Crippen molar-refractivity contribution in [3.8, 4) is 0 Å². The van der Waals surface area contributed by atoms with Crippen LogP contribution in [0.5, 0.6) is 0 Å². The van der Waals surface area contributed by atoms with Crippen molar-refractivity contribution in [1.82, 2.24) is 5.32 Å². The molecule has 7 unspecified atom stereocenters. The van der Waals surface area contributed by atoms with Crippen LogP contribution in [-0.4, -0.2) is 95.4 Å². The number of hydrogen-bond donors (Lipinski definition) is 6. The lowest BCUT2D eigenvalue weighted by Gasteiger charge is -2.41. The van der Waals surface area contributed by atoms with Crippen LogP contribution in [0, 0.1) is 0 Å². The van der Waals surface area contributed by atoms with Crippen LogP contribution in [0.2, 0.25) is 0 Å². The van der Waals surface area contributed by atoms with Gasteiger partial charge in [-0.1, -0.05) is 302 Å². The molecule has 0 radical (unpaired) electrons. The first-order valence-electron chi connectivity index (χ1n) is 33.1. The summed E-state index contributed by atoms with van der Waals surface area (Å²) in [6, 6.07) is -0.858. The number of aliphatic hydroxyl groups excluding tert-OH is 4. The minimum absolute atomic E-state index is 0.224. The third-order valence-electron chi connectivity index (χ3n) is 16.1. The molecule has 0 aromatic carbocycles. The molecular formula is C64H125NO11S. The lowest BCUT2D eigenvalue weighted by atomic mass is 9.99. The number of carbonyl (C=O) groups is 1. The van der Waals surface area contributed by atoms with Crippen molar-refractivity contribution >= 4 is 16.3 Å². The van der Waals surface area contributed by atoms with E-state index in [0.29, 0.717) is 12.8 Å². The van der Waals surface area contributed by atoms with Gasteiger partial charge >= 0.3 is 10.4 Å². The second-order valence-electron chi connectivity index (χ2n) is 23.4. The highest BCUT2D eigenvalue weighted by Crippen LogP contribution is 2.26. The predicted octanol–water partition coefficient (Wildman–Crippen LogP) is 16.6. The lowest BCUT2D eigenvalue weighted by molar-refractivity contribution is -0.298. The first-order valence-corrected chi connectivity index (χ1v) is 34.4. The number of amides is 1. The fraction of sp³-hybridized carbons (Fsp3) is 0.953. The number of rotatable bonds is 59. The van der Waals surface area contributed by atoms with Crippen LogP contribution in [-0.2, 0) is 28.9 Å². The molecule has 1 saturated heterocycles. The molecule has 0 saturated carbocycles. The highest BCUT2D eigenvalue weighted by atomic mass is 32.3. The number of ether oxygens (including phenoxy) is 2.